The number of rotatable bonds is 7. The van der Waals surface area contributed by atoms with Crippen molar-refractivity contribution in [1.29, 1.82) is 0 Å². The summed E-state index contributed by atoms with van der Waals surface area (Å²) in [6, 6.07) is 13.6. The first-order chi connectivity index (χ1) is 13.1. The molecule has 0 saturated heterocycles. The largest absolute Gasteiger partial charge is 0.490 e. The van der Waals surface area contributed by atoms with Crippen LogP contribution in [0.3, 0.4) is 0 Å². The van der Waals surface area contributed by atoms with Crippen molar-refractivity contribution >= 4 is 45.9 Å². The Morgan fingerprint density at radius 2 is 1.89 bits per heavy atom. The second kappa shape index (κ2) is 9.22. The minimum atomic E-state index is 0.467. The van der Waals surface area contributed by atoms with Gasteiger partial charge in [-0.05, 0) is 31.0 Å². The molecule has 140 valence electrons. The molecular weight excluding hydrogens is 401 g/mol. The van der Waals surface area contributed by atoms with Gasteiger partial charge in [0.25, 0.3) is 0 Å². The zero-order valence-corrected chi connectivity index (χ0v) is 17.3. The van der Waals surface area contributed by atoms with E-state index in [4.69, 9.17) is 27.9 Å². The Labute approximate surface area is 172 Å². The molecule has 0 aliphatic carbocycles. The third kappa shape index (κ3) is 5.01. The van der Waals surface area contributed by atoms with E-state index < -0.39 is 0 Å². The number of nitrogens with zero attached hydrogens (tertiary/aromatic N) is 2. The van der Waals surface area contributed by atoms with Gasteiger partial charge in [0, 0.05) is 10.4 Å². The first-order valence-electron chi connectivity index (χ1n) is 8.52. The number of aryl methyl sites for hydroxylation is 1. The van der Waals surface area contributed by atoms with Gasteiger partial charge in [0.2, 0.25) is 5.13 Å². The van der Waals surface area contributed by atoms with Gasteiger partial charge in [0.15, 0.2) is 5.75 Å². The molecule has 0 saturated carbocycles. The normalized spacial score (nSPS) is 11.1. The van der Waals surface area contributed by atoms with E-state index in [0.29, 0.717) is 22.4 Å². The van der Waals surface area contributed by atoms with Crippen molar-refractivity contribution in [1.82, 2.24) is 4.98 Å². The van der Waals surface area contributed by atoms with Crippen molar-refractivity contribution < 1.29 is 4.74 Å². The highest BCUT2D eigenvalue weighted by Gasteiger charge is 2.10. The Bertz CT molecular complexity index is 919. The van der Waals surface area contributed by atoms with Crippen molar-refractivity contribution in [2.45, 2.75) is 20.3 Å². The molecule has 3 rings (SSSR count). The number of nitrogens with one attached hydrogen (secondary N) is 1. The summed E-state index contributed by atoms with van der Waals surface area (Å²) in [7, 11) is 0. The highest BCUT2D eigenvalue weighted by molar-refractivity contribution is 7.15. The summed E-state index contributed by atoms with van der Waals surface area (Å²) in [5.41, 5.74) is 5.79. The fourth-order valence-corrected chi connectivity index (χ4v) is 3.86. The molecule has 7 heteroatoms. The average molecular weight is 420 g/mol. The smallest absolute Gasteiger partial charge is 0.204 e. The zero-order valence-electron chi connectivity index (χ0n) is 15.0. The minimum absolute atomic E-state index is 0.467. The molecule has 0 amide bonds. The number of aromatic nitrogens is 1. The van der Waals surface area contributed by atoms with Crippen LogP contribution in [-0.2, 0) is 0 Å². The summed E-state index contributed by atoms with van der Waals surface area (Å²) < 4.78 is 5.57. The maximum absolute atomic E-state index is 6.26. The standard InChI is InChI=1S/C20H19Cl2N3OS/c1-3-9-26-19-16(21)10-14(11-17(19)22)12-23-25-20-24-18(13(2)27-20)15-7-5-4-6-8-15/h4-8,10-12H,3,9H2,1-2H3,(H,24,25)/b23-12-. The maximum Gasteiger partial charge on any atom is 0.204 e. The van der Waals surface area contributed by atoms with Crippen LogP contribution in [-0.4, -0.2) is 17.8 Å². The minimum Gasteiger partial charge on any atom is -0.490 e. The van der Waals surface area contributed by atoms with E-state index in [1.54, 1.807) is 29.7 Å². The van der Waals surface area contributed by atoms with Crippen molar-refractivity contribution in [3.8, 4) is 17.0 Å². The molecule has 0 aliphatic rings. The summed E-state index contributed by atoms with van der Waals surface area (Å²) in [6.07, 6.45) is 2.54. The molecule has 0 radical (unpaired) electrons. The van der Waals surface area contributed by atoms with E-state index in [2.05, 4.69) is 15.5 Å². The number of anilines is 1. The predicted octanol–water partition coefficient (Wildman–Crippen LogP) is 6.66. The monoisotopic (exact) mass is 419 g/mol. The van der Waals surface area contributed by atoms with Crippen LogP contribution in [0.5, 0.6) is 5.75 Å². The van der Waals surface area contributed by atoms with Gasteiger partial charge in [-0.1, -0.05) is 60.5 Å². The van der Waals surface area contributed by atoms with Crippen LogP contribution in [0.2, 0.25) is 10.0 Å². The molecule has 2 aromatic carbocycles. The third-order valence-electron chi connectivity index (χ3n) is 3.69. The molecule has 1 aromatic heterocycles. The average Bonchev–Trinajstić information content (AvgIpc) is 3.02. The van der Waals surface area contributed by atoms with Crippen molar-refractivity contribution in [2.75, 3.05) is 12.0 Å². The Hall–Kier alpha value is -2.08. The van der Waals surface area contributed by atoms with Crippen molar-refractivity contribution in [3.63, 3.8) is 0 Å². The van der Waals surface area contributed by atoms with Gasteiger partial charge in [-0.3, -0.25) is 5.43 Å². The first kappa shape index (κ1) is 19.7. The lowest BCUT2D eigenvalue weighted by molar-refractivity contribution is 0.318. The van der Waals surface area contributed by atoms with E-state index in [1.807, 2.05) is 44.2 Å². The van der Waals surface area contributed by atoms with Crippen molar-refractivity contribution in [3.05, 3.63) is 63.0 Å². The second-order valence-electron chi connectivity index (χ2n) is 5.82. The number of benzene rings is 2. The molecule has 3 aromatic rings. The molecule has 0 aliphatic heterocycles. The van der Waals surface area contributed by atoms with Crippen LogP contribution in [0.1, 0.15) is 23.8 Å². The highest BCUT2D eigenvalue weighted by Crippen LogP contribution is 2.34. The van der Waals surface area contributed by atoms with E-state index in [9.17, 15) is 0 Å². The van der Waals surface area contributed by atoms with Crippen LogP contribution < -0.4 is 10.2 Å². The Morgan fingerprint density at radius 1 is 1.19 bits per heavy atom. The number of hydrazone groups is 1. The van der Waals surface area contributed by atoms with Crippen molar-refractivity contribution in [2.24, 2.45) is 5.10 Å². The lowest BCUT2D eigenvalue weighted by atomic mass is 10.1. The molecule has 0 bridgehead atoms. The van der Waals surface area contributed by atoms with Crippen LogP contribution in [0.4, 0.5) is 5.13 Å². The fourth-order valence-electron chi connectivity index (χ4n) is 2.47. The van der Waals surface area contributed by atoms with E-state index in [0.717, 1.165) is 33.3 Å². The van der Waals surface area contributed by atoms with Gasteiger partial charge in [-0.25, -0.2) is 4.98 Å². The predicted molar refractivity (Wildman–Crippen MR) is 116 cm³/mol. The first-order valence-corrected chi connectivity index (χ1v) is 10.1. The van der Waals surface area contributed by atoms with E-state index in [-0.39, 0.29) is 0 Å². The molecule has 0 atom stereocenters. The number of ether oxygens (including phenoxy) is 1. The molecule has 1 N–H and O–H groups in total. The number of hydrogen-bond donors (Lipinski definition) is 1. The van der Waals surface area contributed by atoms with Gasteiger partial charge < -0.3 is 4.74 Å². The highest BCUT2D eigenvalue weighted by atomic mass is 35.5. The Morgan fingerprint density at radius 3 is 2.56 bits per heavy atom. The number of halogens is 2. The topological polar surface area (TPSA) is 46.5 Å². The second-order valence-corrected chi connectivity index (χ2v) is 7.84. The van der Waals surface area contributed by atoms with Gasteiger partial charge in [-0.2, -0.15) is 5.10 Å². The van der Waals surface area contributed by atoms with Gasteiger partial charge >= 0.3 is 0 Å². The van der Waals surface area contributed by atoms with E-state index >= 15 is 0 Å². The molecule has 0 unspecified atom stereocenters. The molecule has 27 heavy (non-hydrogen) atoms. The van der Waals surface area contributed by atoms with Crippen LogP contribution >= 0.6 is 34.5 Å². The van der Waals surface area contributed by atoms with Crippen LogP contribution in [0.15, 0.2) is 47.6 Å². The summed E-state index contributed by atoms with van der Waals surface area (Å²) >= 11 is 14.1. The Balaban J connectivity index is 1.71. The summed E-state index contributed by atoms with van der Waals surface area (Å²) in [6.45, 7) is 4.64. The SMILES string of the molecule is CCCOc1c(Cl)cc(/C=N\Nc2nc(-c3ccccc3)c(C)s2)cc1Cl. The Kier molecular flexibility index (Phi) is 6.72. The fraction of sp³-hybridized carbons (Fsp3) is 0.200. The summed E-state index contributed by atoms with van der Waals surface area (Å²) in [4.78, 5) is 5.74. The number of thiazole rings is 1. The van der Waals surface area contributed by atoms with Gasteiger partial charge in [0.1, 0.15) is 0 Å². The maximum atomic E-state index is 6.26. The lowest BCUT2D eigenvalue weighted by Gasteiger charge is -2.09. The number of hydrogen-bond acceptors (Lipinski definition) is 5. The third-order valence-corrected chi connectivity index (χ3v) is 5.13. The van der Waals surface area contributed by atoms with Gasteiger partial charge in [-0.15, -0.1) is 11.3 Å². The quantitative estimate of drug-likeness (QED) is 0.343. The zero-order chi connectivity index (χ0) is 19.2. The van der Waals surface area contributed by atoms with E-state index in [1.165, 1.54) is 0 Å². The molecule has 0 spiro atoms. The molecule has 0 fully saturated rings. The summed E-state index contributed by atoms with van der Waals surface area (Å²) in [5, 5.41) is 5.91. The molecule has 1 heterocycles. The molecule has 4 nitrogen and oxygen atoms in total. The molecular formula is C20H19Cl2N3OS. The van der Waals surface area contributed by atoms with Gasteiger partial charge in [0.05, 0.1) is 28.6 Å². The summed E-state index contributed by atoms with van der Waals surface area (Å²) in [5.74, 6) is 0.508. The van der Waals surface area contributed by atoms with Crippen LogP contribution in [0.25, 0.3) is 11.3 Å². The lowest BCUT2D eigenvalue weighted by Crippen LogP contribution is -1.97. The van der Waals surface area contributed by atoms with Crippen LogP contribution in [0, 0.1) is 6.92 Å².